The molecule has 24 heavy (non-hydrogen) atoms. The van der Waals surface area contributed by atoms with Crippen LogP contribution in [0.4, 0.5) is 0 Å². The van der Waals surface area contributed by atoms with Crippen LogP contribution in [0.15, 0.2) is 60.7 Å². The van der Waals surface area contributed by atoms with Crippen molar-refractivity contribution >= 4 is 22.5 Å². The highest BCUT2D eigenvalue weighted by Crippen LogP contribution is 2.32. The average molecular weight is 320 g/mol. The van der Waals surface area contributed by atoms with E-state index in [0.717, 1.165) is 10.8 Å². The first-order chi connectivity index (χ1) is 11.6. The lowest BCUT2D eigenvalue weighted by atomic mass is 10.1. The van der Waals surface area contributed by atoms with Crippen LogP contribution in [0.1, 0.15) is 27.6 Å². The van der Waals surface area contributed by atoms with Gasteiger partial charge in [-0.05, 0) is 42.0 Å². The first-order valence-electron chi connectivity index (χ1n) is 7.48. The molecule has 0 fully saturated rings. The van der Waals surface area contributed by atoms with Crippen molar-refractivity contribution in [2.75, 3.05) is 7.11 Å². The number of benzene rings is 3. The molecule has 0 aliphatic rings. The van der Waals surface area contributed by atoms with Gasteiger partial charge in [-0.15, -0.1) is 0 Å². The molecule has 0 amide bonds. The van der Waals surface area contributed by atoms with E-state index in [2.05, 4.69) is 0 Å². The number of ether oxygens (including phenoxy) is 2. The van der Waals surface area contributed by atoms with Crippen LogP contribution in [0.3, 0.4) is 0 Å². The summed E-state index contributed by atoms with van der Waals surface area (Å²) >= 11 is 0. The first kappa shape index (κ1) is 15.7. The zero-order chi connectivity index (χ0) is 17.1. The lowest BCUT2D eigenvalue weighted by Gasteiger charge is -2.11. The van der Waals surface area contributed by atoms with E-state index in [4.69, 9.17) is 9.47 Å². The van der Waals surface area contributed by atoms with E-state index in [1.807, 2.05) is 30.3 Å². The third-order valence-electron chi connectivity index (χ3n) is 3.76. The van der Waals surface area contributed by atoms with Gasteiger partial charge in [0.15, 0.2) is 17.3 Å². The van der Waals surface area contributed by atoms with E-state index in [-0.39, 0.29) is 5.78 Å². The Morgan fingerprint density at radius 3 is 1.88 bits per heavy atom. The van der Waals surface area contributed by atoms with Gasteiger partial charge in [0.05, 0.1) is 12.7 Å². The van der Waals surface area contributed by atoms with E-state index in [0.29, 0.717) is 22.6 Å². The highest BCUT2D eigenvalue weighted by atomic mass is 16.6. The summed E-state index contributed by atoms with van der Waals surface area (Å²) in [6.07, 6.45) is 0. The molecule has 0 aliphatic heterocycles. The van der Waals surface area contributed by atoms with Gasteiger partial charge in [0.2, 0.25) is 0 Å². The Kier molecular flexibility index (Phi) is 4.29. The van der Waals surface area contributed by atoms with Crippen LogP contribution < -0.4 is 9.47 Å². The lowest BCUT2D eigenvalue weighted by molar-refractivity contribution is 0.0729. The number of Topliss-reactive ketones (excluding diaryl/α,β-unsaturated/α-hetero) is 1. The van der Waals surface area contributed by atoms with Crippen LogP contribution in [0, 0.1) is 0 Å². The molecule has 3 aromatic carbocycles. The summed E-state index contributed by atoms with van der Waals surface area (Å²) in [6.45, 7) is 1.48. The minimum atomic E-state index is -0.501. The Morgan fingerprint density at radius 1 is 0.792 bits per heavy atom. The van der Waals surface area contributed by atoms with Gasteiger partial charge in [-0.3, -0.25) is 4.79 Å². The minimum absolute atomic E-state index is 0.0499. The molecule has 0 aromatic heterocycles. The predicted molar refractivity (Wildman–Crippen MR) is 91.9 cm³/mol. The summed E-state index contributed by atoms with van der Waals surface area (Å²) in [5, 5.41) is 1.95. The Morgan fingerprint density at radius 2 is 1.33 bits per heavy atom. The summed E-state index contributed by atoms with van der Waals surface area (Å²) in [5.41, 5.74) is 0.921. The molecular formula is C20H16O4. The molecule has 0 saturated heterocycles. The molecular weight excluding hydrogens is 304 g/mol. The van der Waals surface area contributed by atoms with Gasteiger partial charge in [-0.25, -0.2) is 4.79 Å². The van der Waals surface area contributed by atoms with E-state index < -0.39 is 5.97 Å². The van der Waals surface area contributed by atoms with E-state index in [1.54, 1.807) is 30.3 Å². The van der Waals surface area contributed by atoms with Crippen LogP contribution >= 0.6 is 0 Å². The number of fused-ring (bicyclic) bond motifs is 1. The molecule has 0 atom stereocenters. The lowest BCUT2D eigenvalue weighted by Crippen LogP contribution is -2.09. The van der Waals surface area contributed by atoms with Gasteiger partial charge in [0.1, 0.15) is 0 Å². The number of carbonyl (C=O) groups is 2. The predicted octanol–water partition coefficient (Wildman–Crippen LogP) is 4.27. The monoisotopic (exact) mass is 320 g/mol. The zero-order valence-electron chi connectivity index (χ0n) is 13.4. The Labute approximate surface area is 139 Å². The molecule has 0 bridgehead atoms. The van der Waals surface area contributed by atoms with Crippen LogP contribution in [0.2, 0.25) is 0 Å². The highest BCUT2D eigenvalue weighted by molar-refractivity contribution is 5.97. The number of esters is 1. The topological polar surface area (TPSA) is 52.6 Å². The minimum Gasteiger partial charge on any atom is -0.493 e. The number of methoxy groups -OCH3 is 1. The van der Waals surface area contributed by atoms with Crippen LogP contribution in [0.25, 0.3) is 10.8 Å². The van der Waals surface area contributed by atoms with Crippen molar-refractivity contribution in [2.45, 2.75) is 6.92 Å². The normalized spacial score (nSPS) is 10.4. The van der Waals surface area contributed by atoms with Crippen LogP contribution in [-0.4, -0.2) is 18.9 Å². The Balaban J connectivity index is 1.90. The second-order valence-corrected chi connectivity index (χ2v) is 5.37. The van der Waals surface area contributed by atoms with Gasteiger partial charge in [0.25, 0.3) is 0 Å². The van der Waals surface area contributed by atoms with Crippen LogP contribution in [0.5, 0.6) is 11.5 Å². The summed E-state index contributed by atoms with van der Waals surface area (Å²) in [6, 6.07) is 17.7. The molecule has 3 aromatic rings. The average Bonchev–Trinajstić information content (AvgIpc) is 2.61. The van der Waals surface area contributed by atoms with Crippen molar-refractivity contribution in [3.63, 3.8) is 0 Å². The quantitative estimate of drug-likeness (QED) is 0.409. The van der Waals surface area contributed by atoms with Crippen molar-refractivity contribution in [1.29, 1.82) is 0 Å². The molecule has 3 rings (SSSR count). The molecule has 0 unspecified atom stereocenters. The third kappa shape index (κ3) is 3.13. The Bertz CT molecular complexity index is 911. The zero-order valence-corrected chi connectivity index (χ0v) is 13.4. The molecule has 0 N–H and O–H groups in total. The number of hydrogen-bond acceptors (Lipinski definition) is 4. The molecule has 120 valence electrons. The van der Waals surface area contributed by atoms with Gasteiger partial charge in [-0.1, -0.05) is 36.4 Å². The number of rotatable bonds is 4. The summed E-state index contributed by atoms with van der Waals surface area (Å²) in [7, 11) is 1.53. The van der Waals surface area contributed by atoms with E-state index in [9.17, 15) is 9.59 Å². The maximum Gasteiger partial charge on any atom is 0.343 e. The van der Waals surface area contributed by atoms with Crippen LogP contribution in [-0.2, 0) is 0 Å². The fraction of sp³-hybridized carbons (Fsp3) is 0.100. The first-order valence-corrected chi connectivity index (χ1v) is 7.48. The molecule has 0 aliphatic carbocycles. The SMILES string of the molecule is COc1cc2ccccc2cc1OC(=O)c1ccc(C(C)=O)cc1. The van der Waals surface area contributed by atoms with Crippen molar-refractivity contribution < 1.29 is 19.1 Å². The van der Waals surface area contributed by atoms with E-state index in [1.165, 1.54) is 14.0 Å². The van der Waals surface area contributed by atoms with Gasteiger partial charge in [-0.2, -0.15) is 0 Å². The number of hydrogen-bond donors (Lipinski definition) is 0. The van der Waals surface area contributed by atoms with Crippen molar-refractivity contribution in [3.05, 3.63) is 71.8 Å². The molecule has 0 saturated carbocycles. The maximum absolute atomic E-state index is 12.3. The Hall–Kier alpha value is -3.14. The molecule has 0 radical (unpaired) electrons. The third-order valence-corrected chi connectivity index (χ3v) is 3.76. The summed E-state index contributed by atoms with van der Waals surface area (Å²) in [5.74, 6) is 0.295. The second kappa shape index (κ2) is 6.54. The summed E-state index contributed by atoms with van der Waals surface area (Å²) in [4.78, 5) is 23.6. The van der Waals surface area contributed by atoms with Gasteiger partial charge >= 0.3 is 5.97 Å². The smallest absolute Gasteiger partial charge is 0.343 e. The summed E-state index contributed by atoms with van der Waals surface area (Å²) < 4.78 is 10.8. The van der Waals surface area contributed by atoms with Gasteiger partial charge in [0, 0.05) is 5.56 Å². The van der Waals surface area contributed by atoms with Crippen molar-refractivity contribution in [1.82, 2.24) is 0 Å². The molecule has 0 spiro atoms. The van der Waals surface area contributed by atoms with E-state index >= 15 is 0 Å². The molecule has 4 nitrogen and oxygen atoms in total. The van der Waals surface area contributed by atoms with Crippen molar-refractivity contribution in [3.8, 4) is 11.5 Å². The second-order valence-electron chi connectivity index (χ2n) is 5.37. The largest absolute Gasteiger partial charge is 0.493 e. The molecule has 0 heterocycles. The molecule has 4 heteroatoms. The highest BCUT2D eigenvalue weighted by Gasteiger charge is 2.14. The van der Waals surface area contributed by atoms with Gasteiger partial charge < -0.3 is 9.47 Å². The number of ketones is 1. The van der Waals surface area contributed by atoms with Crippen molar-refractivity contribution in [2.24, 2.45) is 0 Å². The number of carbonyl (C=O) groups excluding carboxylic acids is 2. The fourth-order valence-electron chi connectivity index (χ4n) is 2.44. The maximum atomic E-state index is 12.3. The fourth-order valence-corrected chi connectivity index (χ4v) is 2.44. The standard InChI is InChI=1S/C20H16O4/c1-13(21)14-7-9-15(10-8-14)20(22)24-19-12-17-6-4-3-5-16(17)11-18(19)23-2/h3-12H,1-2H3.